The number of hydrogen-bond acceptors (Lipinski definition) is 3. The van der Waals surface area contributed by atoms with E-state index in [9.17, 15) is 9.18 Å². The monoisotopic (exact) mass is 357 g/mol. The van der Waals surface area contributed by atoms with Crippen molar-refractivity contribution < 1.29 is 18.7 Å². The van der Waals surface area contributed by atoms with Crippen LogP contribution in [0.25, 0.3) is 5.57 Å². The minimum atomic E-state index is -0.389. The highest BCUT2D eigenvalue weighted by Gasteiger charge is 2.25. The molecule has 1 heterocycles. The maximum Gasteiger partial charge on any atom is 0.355 e. The summed E-state index contributed by atoms with van der Waals surface area (Å²) < 4.78 is 25.9. The summed E-state index contributed by atoms with van der Waals surface area (Å²) in [5.74, 6) is -0.0502. The summed E-state index contributed by atoms with van der Waals surface area (Å²) in [6.45, 7) is 2.81. The number of hydrogen-bond donors (Lipinski definition) is 0. The van der Waals surface area contributed by atoms with E-state index in [1.165, 1.54) is 25.7 Å². The fourth-order valence-electron chi connectivity index (χ4n) is 3.37. The third kappa shape index (κ3) is 3.82. The smallest absolute Gasteiger partial charge is 0.355 e. The predicted molar refractivity (Wildman–Crippen MR) is 98.9 cm³/mol. The zero-order chi connectivity index (χ0) is 18.5. The average Bonchev–Trinajstić information content (AvgIpc) is 3.02. The van der Waals surface area contributed by atoms with Crippen molar-refractivity contribution in [1.29, 1.82) is 0 Å². The highest BCUT2D eigenvalue weighted by atomic mass is 19.1. The lowest BCUT2D eigenvalue weighted by molar-refractivity contribution is 0.0587. The van der Waals surface area contributed by atoms with Crippen molar-refractivity contribution in [2.75, 3.05) is 13.7 Å². The lowest BCUT2D eigenvalue weighted by Crippen LogP contribution is -2.15. The van der Waals surface area contributed by atoms with Gasteiger partial charge in [0.05, 0.1) is 20.3 Å². The van der Waals surface area contributed by atoms with Crippen molar-refractivity contribution >= 4 is 11.5 Å². The van der Waals surface area contributed by atoms with Crippen LogP contribution < -0.4 is 4.74 Å². The molecule has 0 fully saturated rings. The molecular formula is C21H24FNO3. The zero-order valence-corrected chi connectivity index (χ0v) is 15.3. The standard InChI is InChI=1S/C21H24FNO3/c1-3-26-19-13-18(16-7-5-4-6-8-16)20(21(24)25-2)23(19)14-15-9-11-17(22)12-10-15/h7,9-13H,3-6,8,14H2,1-2H3. The van der Waals surface area contributed by atoms with Gasteiger partial charge in [-0.15, -0.1) is 0 Å². The first kappa shape index (κ1) is 18.2. The average molecular weight is 357 g/mol. The van der Waals surface area contributed by atoms with Gasteiger partial charge < -0.3 is 14.0 Å². The third-order valence-corrected chi connectivity index (χ3v) is 4.62. The third-order valence-electron chi connectivity index (χ3n) is 4.62. The Bertz CT molecular complexity index is 805. The summed E-state index contributed by atoms with van der Waals surface area (Å²) in [6.07, 6.45) is 6.44. The summed E-state index contributed by atoms with van der Waals surface area (Å²) in [4.78, 5) is 12.6. The Labute approximate surface area is 153 Å². The predicted octanol–water partition coefficient (Wildman–Crippen LogP) is 4.82. The lowest BCUT2D eigenvalue weighted by Gasteiger charge is -2.15. The molecule has 2 aromatic rings. The quantitative estimate of drug-likeness (QED) is 0.696. The van der Waals surface area contributed by atoms with Gasteiger partial charge in [0.25, 0.3) is 0 Å². The Kier molecular flexibility index (Phi) is 5.76. The van der Waals surface area contributed by atoms with E-state index >= 15 is 0 Å². The number of nitrogens with zero attached hydrogens (tertiary/aromatic N) is 1. The second kappa shape index (κ2) is 8.21. The van der Waals surface area contributed by atoms with Crippen LogP contribution in [0.15, 0.2) is 36.4 Å². The number of aromatic nitrogens is 1. The second-order valence-corrected chi connectivity index (χ2v) is 6.36. The molecule has 0 N–H and O–H groups in total. The van der Waals surface area contributed by atoms with Crippen LogP contribution in [0.5, 0.6) is 5.88 Å². The number of carbonyl (C=O) groups is 1. The minimum absolute atomic E-state index is 0.285. The summed E-state index contributed by atoms with van der Waals surface area (Å²) in [6, 6.07) is 8.19. The topological polar surface area (TPSA) is 40.5 Å². The Hall–Kier alpha value is -2.56. The second-order valence-electron chi connectivity index (χ2n) is 6.36. The molecule has 0 bridgehead atoms. The van der Waals surface area contributed by atoms with E-state index in [2.05, 4.69) is 6.08 Å². The molecule has 4 nitrogen and oxygen atoms in total. The van der Waals surface area contributed by atoms with Crippen molar-refractivity contribution in [3.05, 3.63) is 59.0 Å². The van der Waals surface area contributed by atoms with Crippen LogP contribution >= 0.6 is 0 Å². The SMILES string of the molecule is CCOc1cc(C2=CCCCC2)c(C(=O)OC)n1Cc1ccc(F)cc1. The molecule has 1 aromatic heterocycles. The van der Waals surface area contributed by atoms with E-state index in [1.807, 2.05) is 17.6 Å². The highest BCUT2D eigenvalue weighted by molar-refractivity contribution is 5.95. The molecule has 0 radical (unpaired) electrons. The Balaban J connectivity index is 2.09. The molecule has 5 heteroatoms. The van der Waals surface area contributed by atoms with Gasteiger partial charge in [0.2, 0.25) is 0 Å². The molecule has 1 aliphatic rings. The van der Waals surface area contributed by atoms with Gasteiger partial charge in [-0.1, -0.05) is 18.2 Å². The van der Waals surface area contributed by atoms with Crippen LogP contribution in [0.4, 0.5) is 4.39 Å². The zero-order valence-electron chi connectivity index (χ0n) is 15.3. The number of halogens is 1. The molecule has 0 aliphatic heterocycles. The first-order valence-corrected chi connectivity index (χ1v) is 9.02. The normalized spacial score (nSPS) is 14.0. The number of carbonyl (C=O) groups excluding carboxylic acids is 1. The summed E-state index contributed by atoms with van der Waals surface area (Å²) >= 11 is 0. The van der Waals surface area contributed by atoms with Gasteiger partial charge >= 0.3 is 5.97 Å². The van der Waals surface area contributed by atoms with Gasteiger partial charge in [0.1, 0.15) is 11.5 Å². The summed E-state index contributed by atoms with van der Waals surface area (Å²) in [7, 11) is 1.39. The number of benzene rings is 1. The maximum absolute atomic E-state index is 13.2. The first-order chi connectivity index (χ1) is 12.6. The molecule has 0 amide bonds. The molecule has 0 saturated heterocycles. The van der Waals surface area contributed by atoms with E-state index in [0.29, 0.717) is 24.7 Å². The van der Waals surface area contributed by atoms with Crippen LogP contribution in [0.2, 0.25) is 0 Å². The maximum atomic E-state index is 13.2. The molecular weight excluding hydrogens is 333 g/mol. The van der Waals surface area contributed by atoms with Crippen molar-refractivity contribution in [3.63, 3.8) is 0 Å². The lowest BCUT2D eigenvalue weighted by atomic mass is 9.93. The Morgan fingerprint density at radius 2 is 2.00 bits per heavy atom. The number of esters is 1. The van der Waals surface area contributed by atoms with Gasteiger partial charge in [0.15, 0.2) is 5.88 Å². The van der Waals surface area contributed by atoms with E-state index in [-0.39, 0.29) is 11.8 Å². The largest absolute Gasteiger partial charge is 0.479 e. The number of ether oxygens (including phenoxy) is 2. The molecule has 3 rings (SSSR count). The minimum Gasteiger partial charge on any atom is -0.479 e. The molecule has 0 spiro atoms. The van der Waals surface area contributed by atoms with E-state index < -0.39 is 0 Å². The van der Waals surface area contributed by atoms with Gasteiger partial charge in [-0.2, -0.15) is 0 Å². The van der Waals surface area contributed by atoms with Gasteiger partial charge in [0, 0.05) is 11.6 Å². The molecule has 26 heavy (non-hydrogen) atoms. The van der Waals surface area contributed by atoms with Crippen molar-refractivity contribution in [2.45, 2.75) is 39.2 Å². The molecule has 0 saturated carbocycles. The van der Waals surface area contributed by atoms with E-state index in [4.69, 9.17) is 9.47 Å². The Morgan fingerprint density at radius 1 is 1.23 bits per heavy atom. The van der Waals surface area contributed by atoms with Gasteiger partial charge in [-0.25, -0.2) is 9.18 Å². The fourth-order valence-corrected chi connectivity index (χ4v) is 3.37. The van der Waals surface area contributed by atoms with Crippen molar-refractivity contribution in [3.8, 4) is 5.88 Å². The van der Waals surface area contributed by atoms with Gasteiger partial charge in [-0.05, 0) is 55.9 Å². The fraction of sp³-hybridized carbons (Fsp3) is 0.381. The van der Waals surface area contributed by atoms with E-state index in [0.717, 1.165) is 36.0 Å². The summed E-state index contributed by atoms with van der Waals surface area (Å²) in [5, 5.41) is 0. The van der Waals surface area contributed by atoms with Crippen LogP contribution in [-0.4, -0.2) is 24.3 Å². The van der Waals surface area contributed by atoms with Crippen LogP contribution in [-0.2, 0) is 11.3 Å². The number of allylic oxidation sites excluding steroid dienone is 2. The van der Waals surface area contributed by atoms with Crippen molar-refractivity contribution in [2.24, 2.45) is 0 Å². The first-order valence-electron chi connectivity index (χ1n) is 9.02. The molecule has 1 aliphatic carbocycles. The Morgan fingerprint density at radius 3 is 2.62 bits per heavy atom. The van der Waals surface area contributed by atoms with Gasteiger partial charge in [-0.3, -0.25) is 0 Å². The number of methoxy groups -OCH3 is 1. The number of rotatable bonds is 6. The molecule has 138 valence electrons. The molecule has 1 aromatic carbocycles. The molecule has 0 unspecified atom stereocenters. The van der Waals surface area contributed by atoms with Crippen LogP contribution in [0.3, 0.4) is 0 Å². The van der Waals surface area contributed by atoms with E-state index in [1.54, 1.807) is 12.1 Å². The highest BCUT2D eigenvalue weighted by Crippen LogP contribution is 2.35. The van der Waals surface area contributed by atoms with Crippen LogP contribution in [0.1, 0.15) is 54.2 Å². The summed E-state index contributed by atoms with van der Waals surface area (Å²) in [5.41, 5.74) is 3.42. The van der Waals surface area contributed by atoms with Crippen molar-refractivity contribution in [1.82, 2.24) is 4.57 Å². The van der Waals surface area contributed by atoms with Crippen LogP contribution in [0, 0.1) is 5.82 Å². The molecule has 0 atom stereocenters.